The number of nitrogens with zero attached hydrogens (tertiary/aromatic N) is 1. The van der Waals surface area contributed by atoms with Gasteiger partial charge in [0, 0.05) is 18.0 Å². The number of hydrogen-bond acceptors (Lipinski definition) is 4. The lowest BCUT2D eigenvalue weighted by atomic mass is 10.0. The number of rotatable bonds is 3. The third-order valence-corrected chi connectivity index (χ3v) is 5.54. The zero-order chi connectivity index (χ0) is 14.9. The lowest BCUT2D eigenvalue weighted by Gasteiger charge is -2.10. The summed E-state index contributed by atoms with van der Waals surface area (Å²) in [6, 6.07) is 9.37. The van der Waals surface area contributed by atoms with Gasteiger partial charge in [-0.3, -0.25) is 9.78 Å². The van der Waals surface area contributed by atoms with Gasteiger partial charge in [0.15, 0.2) is 9.84 Å². The number of anilines is 1. The molecule has 1 N–H and O–H groups in total. The van der Waals surface area contributed by atoms with Crippen molar-refractivity contribution in [3.8, 4) is 0 Å². The summed E-state index contributed by atoms with van der Waals surface area (Å²) in [5.41, 5.74) is 1.41. The first-order valence-corrected chi connectivity index (χ1v) is 8.70. The van der Waals surface area contributed by atoms with Gasteiger partial charge < -0.3 is 5.32 Å². The third-order valence-electron chi connectivity index (χ3n) is 3.71. The minimum absolute atomic E-state index is 0.0714. The number of nitrogens with one attached hydrogen (secondary N) is 1. The summed E-state index contributed by atoms with van der Waals surface area (Å²) < 4.78 is 22.8. The highest BCUT2D eigenvalue weighted by molar-refractivity contribution is 7.91. The van der Waals surface area contributed by atoms with Crippen molar-refractivity contribution in [1.29, 1.82) is 0 Å². The van der Waals surface area contributed by atoms with Crippen LogP contribution in [0.25, 0.3) is 10.9 Å². The molecule has 1 atom stereocenters. The van der Waals surface area contributed by atoms with Crippen molar-refractivity contribution in [2.24, 2.45) is 5.92 Å². The molecule has 0 radical (unpaired) electrons. The molecule has 1 amide bonds. The first kappa shape index (κ1) is 14.0. The van der Waals surface area contributed by atoms with Gasteiger partial charge >= 0.3 is 0 Å². The summed E-state index contributed by atoms with van der Waals surface area (Å²) in [5, 5.41) is 3.80. The Hall–Kier alpha value is -1.95. The van der Waals surface area contributed by atoms with Crippen LogP contribution in [0.1, 0.15) is 12.8 Å². The maximum atomic E-state index is 12.1. The number of para-hydroxylation sites is 1. The van der Waals surface area contributed by atoms with Crippen LogP contribution in [-0.2, 0) is 14.6 Å². The molecule has 2 heterocycles. The van der Waals surface area contributed by atoms with Gasteiger partial charge in [-0.05, 0) is 24.5 Å². The Bertz CT molecular complexity index is 781. The number of hydrogen-bond donors (Lipinski definition) is 1. The van der Waals surface area contributed by atoms with E-state index in [1.165, 1.54) is 0 Å². The monoisotopic (exact) mass is 304 g/mol. The Morgan fingerprint density at radius 3 is 2.86 bits per heavy atom. The number of carbonyl (C=O) groups is 1. The quantitative estimate of drug-likeness (QED) is 0.941. The van der Waals surface area contributed by atoms with Gasteiger partial charge in [0.2, 0.25) is 5.91 Å². The smallest absolute Gasteiger partial charge is 0.224 e. The van der Waals surface area contributed by atoms with Crippen LogP contribution < -0.4 is 5.32 Å². The van der Waals surface area contributed by atoms with E-state index in [1.807, 2.05) is 24.3 Å². The zero-order valence-corrected chi connectivity index (χ0v) is 12.3. The fourth-order valence-electron chi connectivity index (χ4n) is 2.70. The van der Waals surface area contributed by atoms with Gasteiger partial charge in [0.25, 0.3) is 0 Å². The van der Waals surface area contributed by atoms with E-state index in [0.29, 0.717) is 12.1 Å². The first-order chi connectivity index (χ1) is 10.0. The fraction of sp³-hybridized carbons (Fsp3) is 0.333. The van der Waals surface area contributed by atoms with Crippen LogP contribution >= 0.6 is 0 Å². The van der Waals surface area contributed by atoms with Gasteiger partial charge in [-0.1, -0.05) is 18.2 Å². The van der Waals surface area contributed by atoms with E-state index in [-0.39, 0.29) is 29.8 Å². The molecule has 0 bridgehead atoms. The number of aromatic nitrogens is 1. The molecule has 5 nitrogen and oxygen atoms in total. The van der Waals surface area contributed by atoms with Crippen molar-refractivity contribution in [1.82, 2.24) is 4.98 Å². The summed E-state index contributed by atoms with van der Waals surface area (Å²) in [6.07, 6.45) is 2.49. The van der Waals surface area contributed by atoms with Crippen LogP contribution in [0.15, 0.2) is 36.5 Å². The molecule has 0 spiro atoms. The van der Waals surface area contributed by atoms with Gasteiger partial charge in [0.05, 0.1) is 22.7 Å². The molecule has 1 fully saturated rings. The summed E-state index contributed by atoms with van der Waals surface area (Å²) >= 11 is 0. The zero-order valence-electron chi connectivity index (χ0n) is 11.5. The van der Waals surface area contributed by atoms with Crippen LogP contribution in [0, 0.1) is 5.92 Å². The van der Waals surface area contributed by atoms with Crippen molar-refractivity contribution in [3.05, 3.63) is 36.5 Å². The molecule has 2 aromatic rings. The van der Waals surface area contributed by atoms with Crippen molar-refractivity contribution in [2.45, 2.75) is 12.8 Å². The van der Waals surface area contributed by atoms with E-state index in [2.05, 4.69) is 10.3 Å². The Morgan fingerprint density at radius 1 is 1.29 bits per heavy atom. The molecule has 21 heavy (non-hydrogen) atoms. The first-order valence-electron chi connectivity index (χ1n) is 6.87. The number of carbonyl (C=O) groups excluding carboxylic acids is 1. The Morgan fingerprint density at radius 2 is 2.10 bits per heavy atom. The van der Waals surface area contributed by atoms with Gasteiger partial charge in [0.1, 0.15) is 0 Å². The van der Waals surface area contributed by atoms with Crippen molar-refractivity contribution >= 4 is 32.3 Å². The normalized spacial score (nSPS) is 20.5. The minimum Gasteiger partial charge on any atom is -0.324 e. The molecular formula is C15H16N2O3S. The second-order valence-corrected chi connectivity index (χ2v) is 7.63. The minimum atomic E-state index is -2.94. The van der Waals surface area contributed by atoms with E-state index in [1.54, 1.807) is 12.3 Å². The standard InChI is InChI=1S/C15H16N2O3S/c18-14(9-11-6-8-21(19,20)10-11)17-13-5-1-3-12-4-2-7-16-15(12)13/h1-5,7,11H,6,8-10H2,(H,17,18). The van der Waals surface area contributed by atoms with Crippen molar-refractivity contribution < 1.29 is 13.2 Å². The average Bonchev–Trinajstić information content (AvgIpc) is 2.78. The van der Waals surface area contributed by atoms with E-state index >= 15 is 0 Å². The molecule has 1 saturated heterocycles. The molecule has 1 aliphatic heterocycles. The van der Waals surface area contributed by atoms with Crippen LogP contribution in [0.2, 0.25) is 0 Å². The predicted molar refractivity (Wildman–Crippen MR) is 81.8 cm³/mol. The summed E-state index contributed by atoms with van der Waals surface area (Å²) in [5.74, 6) is 0.0859. The lowest BCUT2D eigenvalue weighted by molar-refractivity contribution is -0.116. The Labute approximate surface area is 123 Å². The van der Waals surface area contributed by atoms with Gasteiger partial charge in [-0.2, -0.15) is 0 Å². The molecule has 6 heteroatoms. The summed E-state index contributed by atoms with van der Waals surface area (Å²) in [6.45, 7) is 0. The Kier molecular flexibility index (Phi) is 3.63. The predicted octanol–water partition coefficient (Wildman–Crippen LogP) is 2.00. The number of sulfone groups is 1. The highest BCUT2D eigenvalue weighted by Crippen LogP contribution is 2.24. The van der Waals surface area contributed by atoms with Crippen LogP contribution in [0.5, 0.6) is 0 Å². The fourth-order valence-corrected chi connectivity index (χ4v) is 4.56. The molecule has 0 aliphatic carbocycles. The maximum Gasteiger partial charge on any atom is 0.224 e. The highest BCUT2D eigenvalue weighted by Gasteiger charge is 2.29. The van der Waals surface area contributed by atoms with Gasteiger partial charge in [-0.25, -0.2) is 8.42 Å². The van der Waals surface area contributed by atoms with Crippen molar-refractivity contribution in [2.75, 3.05) is 16.8 Å². The van der Waals surface area contributed by atoms with Crippen LogP contribution in [0.3, 0.4) is 0 Å². The van der Waals surface area contributed by atoms with E-state index in [9.17, 15) is 13.2 Å². The molecule has 1 unspecified atom stereocenters. The molecule has 110 valence electrons. The molecular weight excluding hydrogens is 288 g/mol. The second-order valence-electron chi connectivity index (χ2n) is 5.40. The molecule has 0 saturated carbocycles. The maximum absolute atomic E-state index is 12.1. The van der Waals surface area contributed by atoms with E-state index in [0.717, 1.165) is 10.9 Å². The number of amides is 1. The number of fused-ring (bicyclic) bond motifs is 1. The molecule has 1 aromatic carbocycles. The SMILES string of the molecule is O=C(CC1CCS(=O)(=O)C1)Nc1cccc2cccnc12. The summed E-state index contributed by atoms with van der Waals surface area (Å²) in [4.78, 5) is 16.4. The van der Waals surface area contributed by atoms with Gasteiger partial charge in [-0.15, -0.1) is 0 Å². The highest BCUT2D eigenvalue weighted by atomic mass is 32.2. The van der Waals surface area contributed by atoms with Crippen molar-refractivity contribution in [3.63, 3.8) is 0 Å². The third kappa shape index (κ3) is 3.21. The number of benzene rings is 1. The van der Waals surface area contributed by atoms with Crippen LogP contribution in [-0.4, -0.2) is 30.8 Å². The number of pyridine rings is 1. The average molecular weight is 304 g/mol. The van der Waals surface area contributed by atoms with E-state index in [4.69, 9.17) is 0 Å². The second kappa shape index (κ2) is 5.44. The van der Waals surface area contributed by atoms with E-state index < -0.39 is 9.84 Å². The topological polar surface area (TPSA) is 76.1 Å². The lowest BCUT2D eigenvalue weighted by Crippen LogP contribution is -2.17. The Balaban J connectivity index is 1.72. The summed E-state index contributed by atoms with van der Waals surface area (Å²) in [7, 11) is -2.94. The largest absolute Gasteiger partial charge is 0.324 e. The van der Waals surface area contributed by atoms with Crippen LogP contribution in [0.4, 0.5) is 5.69 Å². The molecule has 3 rings (SSSR count). The molecule has 1 aromatic heterocycles. The molecule has 1 aliphatic rings.